The minimum absolute atomic E-state index is 0.156. The van der Waals surface area contributed by atoms with E-state index in [2.05, 4.69) is 20.8 Å². The number of anilines is 1. The van der Waals surface area contributed by atoms with Gasteiger partial charge >= 0.3 is 0 Å². The van der Waals surface area contributed by atoms with Crippen molar-refractivity contribution in [3.63, 3.8) is 0 Å². The number of aromatic nitrogens is 4. The Balaban J connectivity index is 1.96. The van der Waals surface area contributed by atoms with Gasteiger partial charge in [-0.15, -0.1) is 5.10 Å². The van der Waals surface area contributed by atoms with Gasteiger partial charge in [0, 0.05) is 0 Å². The molecular weight excluding hydrogens is 310 g/mol. The molecule has 1 N–H and O–H groups in total. The van der Waals surface area contributed by atoms with E-state index in [0.29, 0.717) is 15.9 Å². The van der Waals surface area contributed by atoms with E-state index >= 15 is 0 Å². The normalized spacial score (nSPS) is 11.4. The number of hydrogen-bond donors (Lipinski definition) is 1. The minimum Gasteiger partial charge on any atom is -0.324 e. The van der Waals surface area contributed by atoms with Crippen molar-refractivity contribution in [2.75, 3.05) is 11.1 Å². The summed E-state index contributed by atoms with van der Waals surface area (Å²) >= 11 is 7.28. The molecule has 0 saturated carbocycles. The van der Waals surface area contributed by atoms with Crippen LogP contribution in [-0.4, -0.2) is 31.9 Å². The molecule has 112 valence electrons. The Morgan fingerprint density at radius 2 is 2.10 bits per heavy atom. The highest BCUT2D eigenvalue weighted by Crippen LogP contribution is 2.23. The van der Waals surface area contributed by atoms with Crippen molar-refractivity contribution in [2.45, 2.75) is 31.5 Å². The van der Waals surface area contributed by atoms with E-state index in [9.17, 15) is 4.79 Å². The van der Waals surface area contributed by atoms with E-state index in [0.717, 1.165) is 0 Å². The molecule has 8 heteroatoms. The molecule has 0 saturated heterocycles. The number of benzene rings is 1. The quantitative estimate of drug-likeness (QED) is 0.875. The zero-order chi connectivity index (χ0) is 15.5. The lowest BCUT2D eigenvalue weighted by molar-refractivity contribution is -0.113. The van der Waals surface area contributed by atoms with Crippen molar-refractivity contribution < 1.29 is 4.79 Å². The van der Waals surface area contributed by atoms with Crippen LogP contribution in [-0.2, 0) is 10.3 Å². The molecule has 0 aliphatic carbocycles. The number of carbonyl (C=O) groups excluding carboxylic acids is 1. The Hall–Kier alpha value is -1.60. The van der Waals surface area contributed by atoms with Crippen molar-refractivity contribution in [3.05, 3.63) is 29.3 Å². The van der Waals surface area contributed by atoms with Crippen molar-refractivity contribution in [1.29, 1.82) is 0 Å². The summed E-state index contributed by atoms with van der Waals surface area (Å²) in [6.07, 6.45) is 0. The molecule has 0 unspecified atom stereocenters. The van der Waals surface area contributed by atoms with Gasteiger partial charge in [-0.1, -0.05) is 35.5 Å². The zero-order valence-corrected chi connectivity index (χ0v) is 13.6. The van der Waals surface area contributed by atoms with Crippen molar-refractivity contribution in [2.24, 2.45) is 0 Å². The number of nitrogens with zero attached hydrogens (tertiary/aromatic N) is 4. The largest absolute Gasteiger partial charge is 0.324 e. The fourth-order valence-electron chi connectivity index (χ4n) is 1.57. The number of para-hydroxylation sites is 1. The first-order valence-corrected chi connectivity index (χ1v) is 7.70. The van der Waals surface area contributed by atoms with Crippen LogP contribution < -0.4 is 5.32 Å². The standard InChI is InChI=1S/C13H16ClN5OS/c1-13(2,3)19-12(16-17-18-19)21-8-11(20)15-10-7-5-4-6-9(10)14/h4-7H,8H2,1-3H3,(H,15,20). The number of amides is 1. The Morgan fingerprint density at radius 3 is 2.76 bits per heavy atom. The van der Waals surface area contributed by atoms with E-state index in [1.807, 2.05) is 32.9 Å². The molecule has 1 aromatic heterocycles. The molecule has 21 heavy (non-hydrogen) atoms. The molecule has 0 radical (unpaired) electrons. The van der Waals surface area contributed by atoms with E-state index in [4.69, 9.17) is 11.6 Å². The van der Waals surface area contributed by atoms with Gasteiger partial charge < -0.3 is 5.32 Å². The fraction of sp³-hybridized carbons (Fsp3) is 0.385. The summed E-state index contributed by atoms with van der Waals surface area (Å²) in [5.41, 5.74) is 0.366. The number of hydrogen-bond acceptors (Lipinski definition) is 5. The van der Waals surface area contributed by atoms with Gasteiger partial charge in [0.1, 0.15) is 0 Å². The molecule has 0 aliphatic heterocycles. The maximum atomic E-state index is 12.0. The second-order valence-corrected chi connectivity index (χ2v) is 6.71. The Labute approximate surface area is 132 Å². The predicted molar refractivity (Wildman–Crippen MR) is 83.6 cm³/mol. The van der Waals surface area contributed by atoms with E-state index < -0.39 is 0 Å². The van der Waals surface area contributed by atoms with Crippen LogP contribution in [0.1, 0.15) is 20.8 Å². The van der Waals surface area contributed by atoms with Crippen LogP contribution >= 0.6 is 23.4 Å². The van der Waals surface area contributed by atoms with Gasteiger partial charge in [-0.3, -0.25) is 4.79 Å². The summed E-state index contributed by atoms with van der Waals surface area (Å²) in [6.45, 7) is 5.99. The van der Waals surface area contributed by atoms with Crippen LogP contribution in [0, 0.1) is 0 Å². The number of carbonyl (C=O) groups is 1. The Kier molecular flexibility index (Phi) is 4.84. The third-order valence-corrected chi connectivity index (χ3v) is 3.81. The third kappa shape index (κ3) is 4.18. The predicted octanol–water partition coefficient (Wildman–Crippen LogP) is 2.81. The van der Waals surface area contributed by atoms with Gasteiger partial charge in [0.2, 0.25) is 11.1 Å². The van der Waals surface area contributed by atoms with Crippen LogP contribution in [0.5, 0.6) is 0 Å². The number of rotatable bonds is 4. The smallest absolute Gasteiger partial charge is 0.234 e. The van der Waals surface area contributed by atoms with Crippen LogP contribution in [0.3, 0.4) is 0 Å². The highest BCUT2D eigenvalue weighted by molar-refractivity contribution is 7.99. The van der Waals surface area contributed by atoms with Crippen molar-refractivity contribution in [3.8, 4) is 0 Å². The number of tetrazole rings is 1. The minimum atomic E-state index is -0.231. The lowest BCUT2D eigenvalue weighted by Crippen LogP contribution is -2.24. The first kappa shape index (κ1) is 15.8. The first-order valence-electron chi connectivity index (χ1n) is 6.34. The Morgan fingerprint density at radius 1 is 1.38 bits per heavy atom. The third-order valence-electron chi connectivity index (χ3n) is 2.56. The van der Waals surface area contributed by atoms with Crippen LogP contribution in [0.25, 0.3) is 0 Å². The lowest BCUT2D eigenvalue weighted by atomic mass is 10.1. The molecule has 2 aromatic rings. The average Bonchev–Trinajstić information content (AvgIpc) is 2.87. The second-order valence-electron chi connectivity index (χ2n) is 5.36. The summed E-state index contributed by atoms with van der Waals surface area (Å²) in [5.74, 6) is 0.0540. The second kappa shape index (κ2) is 6.44. The van der Waals surface area contributed by atoms with Crippen LogP contribution in [0.4, 0.5) is 5.69 Å². The zero-order valence-electron chi connectivity index (χ0n) is 12.0. The summed E-state index contributed by atoms with van der Waals surface area (Å²) in [7, 11) is 0. The van der Waals surface area contributed by atoms with Crippen LogP contribution in [0.2, 0.25) is 5.02 Å². The molecule has 1 heterocycles. The van der Waals surface area contributed by atoms with Gasteiger partial charge in [-0.2, -0.15) is 0 Å². The highest BCUT2D eigenvalue weighted by Gasteiger charge is 2.20. The van der Waals surface area contributed by atoms with Crippen molar-refractivity contribution in [1.82, 2.24) is 20.2 Å². The SMILES string of the molecule is CC(C)(C)n1nnnc1SCC(=O)Nc1ccccc1Cl. The topological polar surface area (TPSA) is 72.7 Å². The summed E-state index contributed by atoms with van der Waals surface area (Å²) in [5, 5.41) is 15.4. The Bertz CT molecular complexity index is 637. The monoisotopic (exact) mass is 325 g/mol. The summed E-state index contributed by atoms with van der Waals surface area (Å²) in [6, 6.07) is 7.10. The molecular formula is C13H16ClN5OS. The van der Waals surface area contributed by atoms with E-state index in [-0.39, 0.29) is 17.2 Å². The van der Waals surface area contributed by atoms with Gasteiger partial charge in [0.25, 0.3) is 0 Å². The summed E-state index contributed by atoms with van der Waals surface area (Å²) in [4.78, 5) is 12.0. The average molecular weight is 326 g/mol. The van der Waals surface area contributed by atoms with E-state index in [1.54, 1.807) is 16.8 Å². The number of thioether (sulfide) groups is 1. The van der Waals surface area contributed by atoms with Gasteiger partial charge in [-0.25, -0.2) is 4.68 Å². The summed E-state index contributed by atoms with van der Waals surface area (Å²) < 4.78 is 1.69. The lowest BCUT2D eigenvalue weighted by Gasteiger charge is -2.19. The molecule has 1 amide bonds. The maximum Gasteiger partial charge on any atom is 0.234 e. The van der Waals surface area contributed by atoms with Crippen molar-refractivity contribution >= 4 is 35.0 Å². The molecule has 0 fully saturated rings. The first-order chi connectivity index (χ1) is 9.88. The van der Waals surface area contributed by atoms with Gasteiger partial charge in [0.05, 0.1) is 22.0 Å². The number of nitrogens with one attached hydrogen (secondary N) is 1. The molecule has 0 atom stereocenters. The number of halogens is 1. The van der Waals surface area contributed by atoms with Gasteiger partial charge in [0.15, 0.2) is 0 Å². The van der Waals surface area contributed by atoms with Gasteiger partial charge in [-0.05, 0) is 43.3 Å². The molecule has 0 bridgehead atoms. The molecule has 2 rings (SSSR count). The maximum absolute atomic E-state index is 12.0. The highest BCUT2D eigenvalue weighted by atomic mass is 35.5. The fourth-order valence-corrected chi connectivity index (χ4v) is 2.61. The molecule has 1 aromatic carbocycles. The van der Waals surface area contributed by atoms with E-state index in [1.165, 1.54) is 11.8 Å². The molecule has 0 aliphatic rings. The molecule has 6 nitrogen and oxygen atoms in total. The van der Waals surface area contributed by atoms with Crippen LogP contribution in [0.15, 0.2) is 29.4 Å². The molecule has 0 spiro atoms.